The number of Topliss-reactive ketones (excluding diaryl/α,β-unsaturated/α-hetero) is 1. The van der Waals surface area contributed by atoms with Gasteiger partial charge in [-0.15, -0.1) is 0 Å². The molecular formula is C11H21NO. The van der Waals surface area contributed by atoms with E-state index in [0.29, 0.717) is 30.6 Å². The number of hydrogen-bond donors (Lipinski definition) is 1. The zero-order valence-electron chi connectivity index (χ0n) is 8.59. The van der Waals surface area contributed by atoms with Crippen LogP contribution in [0.15, 0.2) is 0 Å². The van der Waals surface area contributed by atoms with Gasteiger partial charge in [0, 0.05) is 12.8 Å². The van der Waals surface area contributed by atoms with Crippen molar-refractivity contribution >= 4 is 5.78 Å². The van der Waals surface area contributed by atoms with Gasteiger partial charge in [-0.2, -0.15) is 0 Å². The Hall–Kier alpha value is -0.370. The predicted molar refractivity (Wildman–Crippen MR) is 54.4 cm³/mol. The molecule has 1 fully saturated rings. The first-order valence-electron chi connectivity index (χ1n) is 5.48. The molecule has 2 N–H and O–H groups in total. The van der Waals surface area contributed by atoms with Gasteiger partial charge in [-0.25, -0.2) is 0 Å². The van der Waals surface area contributed by atoms with E-state index in [-0.39, 0.29) is 0 Å². The van der Waals surface area contributed by atoms with E-state index in [1.54, 1.807) is 0 Å². The van der Waals surface area contributed by atoms with E-state index in [1.165, 1.54) is 19.3 Å². The Morgan fingerprint density at radius 1 is 1.54 bits per heavy atom. The predicted octanol–water partition coefficient (Wildman–Crippen LogP) is 2.12. The van der Waals surface area contributed by atoms with E-state index in [2.05, 4.69) is 6.92 Å². The van der Waals surface area contributed by atoms with Crippen LogP contribution in [-0.4, -0.2) is 12.3 Å². The summed E-state index contributed by atoms with van der Waals surface area (Å²) in [7, 11) is 0. The molecule has 0 spiro atoms. The molecule has 0 aromatic rings. The highest BCUT2D eigenvalue weighted by Gasteiger charge is 2.21. The number of rotatable bonds is 6. The molecule has 0 aliphatic heterocycles. The fraction of sp³-hybridized carbons (Fsp3) is 0.909. The van der Waals surface area contributed by atoms with Gasteiger partial charge in [0.05, 0.1) is 0 Å². The molecule has 0 aromatic heterocycles. The largest absolute Gasteiger partial charge is 0.330 e. The van der Waals surface area contributed by atoms with Crippen LogP contribution in [0.4, 0.5) is 0 Å². The van der Waals surface area contributed by atoms with E-state index in [9.17, 15) is 4.79 Å². The molecule has 2 nitrogen and oxygen atoms in total. The topological polar surface area (TPSA) is 43.1 Å². The molecule has 1 aliphatic rings. The first kappa shape index (κ1) is 10.7. The maximum absolute atomic E-state index is 11.5. The second kappa shape index (κ2) is 5.38. The third-order valence-electron chi connectivity index (χ3n) is 3.17. The highest BCUT2D eigenvalue weighted by atomic mass is 16.1. The summed E-state index contributed by atoms with van der Waals surface area (Å²) in [6.07, 6.45) is 6.43. The van der Waals surface area contributed by atoms with Crippen molar-refractivity contribution in [2.45, 2.75) is 45.4 Å². The Morgan fingerprint density at radius 2 is 2.23 bits per heavy atom. The standard InChI is InChI=1S/C11H21NO/c1-2-9(8-12)6-11(13)7-10-4-3-5-10/h9-10H,2-8,12H2,1H3. The maximum Gasteiger partial charge on any atom is 0.133 e. The summed E-state index contributed by atoms with van der Waals surface area (Å²) in [4.78, 5) is 11.5. The van der Waals surface area contributed by atoms with Gasteiger partial charge in [-0.3, -0.25) is 4.79 Å². The molecule has 76 valence electrons. The van der Waals surface area contributed by atoms with Crippen LogP contribution in [0, 0.1) is 11.8 Å². The van der Waals surface area contributed by atoms with E-state index in [1.807, 2.05) is 0 Å². The van der Waals surface area contributed by atoms with Gasteiger partial charge in [-0.1, -0.05) is 32.6 Å². The summed E-state index contributed by atoms with van der Waals surface area (Å²) in [6.45, 7) is 2.76. The fourth-order valence-electron chi connectivity index (χ4n) is 1.82. The molecule has 0 saturated heterocycles. The Morgan fingerprint density at radius 3 is 2.62 bits per heavy atom. The third-order valence-corrected chi connectivity index (χ3v) is 3.17. The van der Waals surface area contributed by atoms with E-state index in [4.69, 9.17) is 5.73 Å². The van der Waals surface area contributed by atoms with Gasteiger partial charge < -0.3 is 5.73 Å². The summed E-state index contributed by atoms with van der Waals surface area (Å²) in [5, 5.41) is 0. The lowest BCUT2D eigenvalue weighted by atomic mass is 9.80. The van der Waals surface area contributed by atoms with Gasteiger partial charge in [0.15, 0.2) is 0 Å². The van der Waals surface area contributed by atoms with Crippen LogP contribution in [0.3, 0.4) is 0 Å². The number of hydrogen-bond acceptors (Lipinski definition) is 2. The highest BCUT2D eigenvalue weighted by molar-refractivity contribution is 5.79. The van der Waals surface area contributed by atoms with Crippen LogP contribution in [0.5, 0.6) is 0 Å². The average molecular weight is 183 g/mol. The van der Waals surface area contributed by atoms with Crippen molar-refractivity contribution < 1.29 is 4.79 Å². The lowest BCUT2D eigenvalue weighted by Gasteiger charge is -2.25. The van der Waals surface area contributed by atoms with E-state index in [0.717, 1.165) is 12.8 Å². The van der Waals surface area contributed by atoms with Crippen molar-refractivity contribution in [1.29, 1.82) is 0 Å². The van der Waals surface area contributed by atoms with Crippen LogP contribution in [0.2, 0.25) is 0 Å². The lowest BCUT2D eigenvalue weighted by molar-refractivity contribution is -0.121. The number of carbonyl (C=O) groups excluding carboxylic acids is 1. The molecule has 0 heterocycles. The van der Waals surface area contributed by atoms with Crippen molar-refractivity contribution in [2.24, 2.45) is 17.6 Å². The van der Waals surface area contributed by atoms with Crippen LogP contribution >= 0.6 is 0 Å². The first-order chi connectivity index (χ1) is 6.26. The Kier molecular flexibility index (Phi) is 4.43. The molecule has 0 amide bonds. The van der Waals surface area contributed by atoms with Gasteiger partial charge >= 0.3 is 0 Å². The molecule has 13 heavy (non-hydrogen) atoms. The van der Waals surface area contributed by atoms with Gasteiger partial charge in [0.2, 0.25) is 0 Å². The molecule has 1 atom stereocenters. The molecular weight excluding hydrogens is 162 g/mol. The first-order valence-corrected chi connectivity index (χ1v) is 5.48. The summed E-state index contributed by atoms with van der Waals surface area (Å²) < 4.78 is 0. The van der Waals surface area contributed by atoms with Crippen molar-refractivity contribution in [3.8, 4) is 0 Å². The minimum absolute atomic E-state index is 0.424. The van der Waals surface area contributed by atoms with E-state index >= 15 is 0 Å². The van der Waals surface area contributed by atoms with Crippen molar-refractivity contribution in [1.82, 2.24) is 0 Å². The molecule has 0 aromatic carbocycles. The smallest absolute Gasteiger partial charge is 0.133 e. The van der Waals surface area contributed by atoms with Gasteiger partial charge in [0.1, 0.15) is 5.78 Å². The van der Waals surface area contributed by atoms with Crippen LogP contribution in [-0.2, 0) is 4.79 Å². The highest BCUT2D eigenvalue weighted by Crippen LogP contribution is 2.30. The van der Waals surface area contributed by atoms with Crippen molar-refractivity contribution in [3.05, 3.63) is 0 Å². The van der Waals surface area contributed by atoms with Crippen molar-refractivity contribution in [2.75, 3.05) is 6.54 Å². The average Bonchev–Trinajstić information content (AvgIpc) is 2.07. The minimum atomic E-state index is 0.424. The van der Waals surface area contributed by atoms with Crippen LogP contribution in [0.1, 0.15) is 45.4 Å². The minimum Gasteiger partial charge on any atom is -0.330 e. The number of carbonyl (C=O) groups is 1. The monoisotopic (exact) mass is 183 g/mol. The molecule has 1 saturated carbocycles. The normalized spacial score (nSPS) is 19.5. The summed E-state index contributed by atoms with van der Waals surface area (Å²) in [5.74, 6) is 1.57. The molecule has 1 aliphatic carbocycles. The number of nitrogens with two attached hydrogens (primary N) is 1. The van der Waals surface area contributed by atoms with Crippen LogP contribution in [0.25, 0.3) is 0 Å². The number of ketones is 1. The Balaban J connectivity index is 2.14. The lowest BCUT2D eigenvalue weighted by Crippen LogP contribution is -2.21. The Bertz CT molecular complexity index is 159. The maximum atomic E-state index is 11.5. The quantitative estimate of drug-likeness (QED) is 0.685. The van der Waals surface area contributed by atoms with E-state index < -0.39 is 0 Å². The Labute approximate surface area is 80.9 Å². The molecule has 0 radical (unpaired) electrons. The molecule has 0 bridgehead atoms. The molecule has 1 rings (SSSR count). The second-order valence-electron chi connectivity index (χ2n) is 4.25. The summed E-state index contributed by atoms with van der Waals surface area (Å²) >= 11 is 0. The van der Waals surface area contributed by atoms with Gasteiger partial charge in [0.25, 0.3) is 0 Å². The second-order valence-corrected chi connectivity index (χ2v) is 4.25. The van der Waals surface area contributed by atoms with Crippen LogP contribution < -0.4 is 5.73 Å². The third kappa shape index (κ3) is 3.47. The molecule has 2 heteroatoms. The fourth-order valence-corrected chi connectivity index (χ4v) is 1.82. The molecule has 1 unspecified atom stereocenters. The van der Waals surface area contributed by atoms with Gasteiger partial charge in [-0.05, 0) is 18.4 Å². The zero-order chi connectivity index (χ0) is 9.68. The summed E-state index contributed by atoms with van der Waals surface area (Å²) in [6, 6.07) is 0. The zero-order valence-corrected chi connectivity index (χ0v) is 8.59. The SMILES string of the molecule is CCC(CN)CC(=O)CC1CCC1. The summed E-state index contributed by atoms with van der Waals surface area (Å²) in [5.41, 5.74) is 5.56. The van der Waals surface area contributed by atoms with Crippen molar-refractivity contribution in [3.63, 3.8) is 0 Å².